The van der Waals surface area contributed by atoms with Crippen LogP contribution in [0.25, 0.3) is 0 Å². The number of ether oxygens (including phenoxy) is 2. The number of hydrogen-bond donors (Lipinski definition) is 1. The molecular weight excluding hydrogens is 341 g/mol. The number of halogens is 3. The van der Waals surface area contributed by atoms with Crippen molar-refractivity contribution >= 4 is 5.91 Å². The van der Waals surface area contributed by atoms with Crippen molar-refractivity contribution in [2.24, 2.45) is 0 Å². The fourth-order valence-corrected chi connectivity index (χ4v) is 2.46. The van der Waals surface area contributed by atoms with Crippen LogP contribution in [-0.4, -0.2) is 30.3 Å². The van der Waals surface area contributed by atoms with Crippen LogP contribution >= 0.6 is 0 Å². The number of furan rings is 1. The van der Waals surface area contributed by atoms with Gasteiger partial charge >= 0.3 is 6.18 Å². The molecule has 0 radical (unpaired) electrons. The van der Waals surface area contributed by atoms with Gasteiger partial charge in [-0.2, -0.15) is 13.2 Å². The number of aromatic nitrogens is 1. The second-order valence-corrected chi connectivity index (χ2v) is 5.44. The van der Waals surface area contributed by atoms with Gasteiger partial charge in [-0.05, 0) is 6.07 Å². The van der Waals surface area contributed by atoms with Gasteiger partial charge < -0.3 is 19.2 Å². The van der Waals surface area contributed by atoms with E-state index in [0.717, 1.165) is 11.1 Å². The van der Waals surface area contributed by atoms with Crippen molar-refractivity contribution in [3.8, 4) is 5.75 Å². The lowest BCUT2D eigenvalue weighted by atomic mass is 10.1. The quantitative estimate of drug-likeness (QED) is 0.892. The summed E-state index contributed by atoms with van der Waals surface area (Å²) in [5.41, 5.74) is 2.01. The van der Waals surface area contributed by atoms with E-state index in [9.17, 15) is 18.0 Å². The average Bonchev–Trinajstić information content (AvgIpc) is 3.02. The van der Waals surface area contributed by atoms with Crippen molar-refractivity contribution in [3.63, 3.8) is 0 Å². The lowest BCUT2D eigenvalue weighted by Crippen LogP contribution is -2.25. The number of hydrogen-bond acceptors (Lipinski definition) is 5. The number of pyridine rings is 1. The molecule has 1 amide bonds. The maximum Gasteiger partial charge on any atom is 0.422 e. The molecular formula is C16H15F3N2O4. The van der Waals surface area contributed by atoms with E-state index < -0.39 is 18.7 Å². The molecule has 0 aliphatic carbocycles. The Bertz CT molecular complexity index is 758. The molecule has 0 saturated heterocycles. The predicted octanol–water partition coefficient (Wildman–Crippen LogP) is 2.62. The zero-order valence-electron chi connectivity index (χ0n) is 13.1. The number of carbonyl (C=O) groups excluding carboxylic acids is 1. The summed E-state index contributed by atoms with van der Waals surface area (Å²) in [6, 6.07) is 1.48. The van der Waals surface area contributed by atoms with Crippen molar-refractivity contribution in [1.82, 2.24) is 10.3 Å². The van der Waals surface area contributed by atoms with Crippen molar-refractivity contribution < 1.29 is 31.9 Å². The molecule has 3 heterocycles. The first kappa shape index (κ1) is 17.3. The molecule has 1 aliphatic rings. The molecule has 0 spiro atoms. The smallest absolute Gasteiger partial charge is 0.422 e. The van der Waals surface area contributed by atoms with E-state index in [1.54, 1.807) is 0 Å². The van der Waals surface area contributed by atoms with Gasteiger partial charge in [0, 0.05) is 35.9 Å². The Morgan fingerprint density at radius 3 is 3.04 bits per heavy atom. The van der Waals surface area contributed by atoms with Crippen LogP contribution in [0.3, 0.4) is 0 Å². The number of rotatable bonds is 5. The molecule has 2 aromatic heterocycles. The minimum atomic E-state index is -4.45. The normalized spacial score (nSPS) is 14.0. The van der Waals surface area contributed by atoms with Gasteiger partial charge in [0.05, 0.1) is 25.7 Å². The molecule has 3 rings (SSSR count). The highest BCUT2D eigenvalue weighted by Crippen LogP contribution is 2.24. The zero-order valence-corrected chi connectivity index (χ0v) is 13.1. The van der Waals surface area contributed by atoms with Crippen LogP contribution in [0, 0.1) is 0 Å². The standard InChI is InChI=1S/C16H15F3N2O4/c17-16(18,19)9-25-13-6-20-3-1-10(13)5-21-15(22)14-12-2-4-23-7-11(12)8-24-14/h1,3,6,8H,2,4-5,7,9H2,(H,21,22). The summed E-state index contributed by atoms with van der Waals surface area (Å²) in [6.45, 7) is -0.537. The fourth-order valence-electron chi connectivity index (χ4n) is 2.46. The summed E-state index contributed by atoms with van der Waals surface area (Å²) in [5.74, 6) is -0.276. The van der Waals surface area contributed by atoms with Crippen LogP contribution < -0.4 is 10.1 Å². The molecule has 25 heavy (non-hydrogen) atoms. The van der Waals surface area contributed by atoms with E-state index in [1.165, 1.54) is 24.7 Å². The summed E-state index contributed by atoms with van der Waals surface area (Å²) in [6.07, 6.45) is 0.191. The second kappa shape index (κ2) is 7.14. The summed E-state index contributed by atoms with van der Waals surface area (Å²) < 4.78 is 52.2. The van der Waals surface area contributed by atoms with E-state index in [-0.39, 0.29) is 18.1 Å². The Balaban J connectivity index is 1.65. The maximum absolute atomic E-state index is 12.3. The first-order valence-electron chi connectivity index (χ1n) is 7.51. The van der Waals surface area contributed by atoms with Crippen LogP contribution in [0.5, 0.6) is 5.75 Å². The van der Waals surface area contributed by atoms with Gasteiger partial charge in [0.15, 0.2) is 12.4 Å². The van der Waals surface area contributed by atoms with E-state index in [1.807, 2.05) is 0 Å². The van der Waals surface area contributed by atoms with E-state index >= 15 is 0 Å². The summed E-state index contributed by atoms with van der Waals surface area (Å²) in [5, 5.41) is 2.63. The molecule has 2 aromatic rings. The van der Waals surface area contributed by atoms with Gasteiger partial charge in [-0.3, -0.25) is 9.78 Å². The largest absolute Gasteiger partial charge is 0.482 e. The third-order valence-electron chi connectivity index (χ3n) is 3.64. The van der Waals surface area contributed by atoms with Crippen molar-refractivity contribution in [3.05, 3.63) is 47.2 Å². The first-order chi connectivity index (χ1) is 11.9. The molecule has 0 fully saturated rings. The highest BCUT2D eigenvalue weighted by molar-refractivity contribution is 5.93. The monoisotopic (exact) mass is 356 g/mol. The van der Waals surface area contributed by atoms with Crippen LogP contribution in [0.4, 0.5) is 13.2 Å². The topological polar surface area (TPSA) is 73.6 Å². The van der Waals surface area contributed by atoms with E-state index in [0.29, 0.717) is 25.2 Å². The number of nitrogens with zero attached hydrogens (tertiary/aromatic N) is 1. The van der Waals surface area contributed by atoms with Crippen molar-refractivity contribution in [1.29, 1.82) is 0 Å². The van der Waals surface area contributed by atoms with Gasteiger partial charge in [-0.25, -0.2) is 0 Å². The molecule has 134 valence electrons. The van der Waals surface area contributed by atoms with Crippen LogP contribution in [-0.2, 0) is 24.3 Å². The minimum Gasteiger partial charge on any atom is -0.482 e. The Kier molecular flexibility index (Phi) is 4.93. The molecule has 0 saturated carbocycles. The molecule has 0 aromatic carbocycles. The molecule has 0 bridgehead atoms. The molecule has 0 unspecified atom stereocenters. The van der Waals surface area contributed by atoms with Gasteiger partial charge in [-0.1, -0.05) is 0 Å². The van der Waals surface area contributed by atoms with E-state index in [2.05, 4.69) is 10.3 Å². The first-order valence-corrected chi connectivity index (χ1v) is 7.51. The van der Waals surface area contributed by atoms with Crippen LogP contribution in [0.2, 0.25) is 0 Å². The molecule has 1 aliphatic heterocycles. The number of amides is 1. The Labute approximate surface area is 140 Å². The molecule has 6 nitrogen and oxygen atoms in total. The lowest BCUT2D eigenvalue weighted by Gasteiger charge is -2.14. The molecule has 1 N–H and O–H groups in total. The number of alkyl halides is 3. The third-order valence-corrected chi connectivity index (χ3v) is 3.64. The van der Waals surface area contributed by atoms with Gasteiger partial charge in [0.25, 0.3) is 5.91 Å². The summed E-state index contributed by atoms with van der Waals surface area (Å²) in [7, 11) is 0. The van der Waals surface area contributed by atoms with Gasteiger partial charge in [0.1, 0.15) is 5.75 Å². The minimum absolute atomic E-state index is 0.0134. The maximum atomic E-state index is 12.3. The third kappa shape index (κ3) is 4.30. The van der Waals surface area contributed by atoms with Gasteiger partial charge in [-0.15, -0.1) is 0 Å². The Morgan fingerprint density at radius 2 is 2.24 bits per heavy atom. The zero-order chi connectivity index (χ0) is 17.9. The van der Waals surface area contributed by atoms with Gasteiger partial charge in [0.2, 0.25) is 0 Å². The number of nitrogens with one attached hydrogen (secondary N) is 1. The average molecular weight is 356 g/mol. The van der Waals surface area contributed by atoms with Crippen molar-refractivity contribution in [2.45, 2.75) is 25.7 Å². The fraction of sp³-hybridized carbons (Fsp3) is 0.375. The molecule has 0 atom stereocenters. The Hall–Kier alpha value is -2.55. The second-order valence-electron chi connectivity index (χ2n) is 5.44. The Morgan fingerprint density at radius 1 is 1.40 bits per heavy atom. The molecule has 9 heteroatoms. The van der Waals surface area contributed by atoms with Crippen LogP contribution in [0.1, 0.15) is 27.2 Å². The number of fused-ring (bicyclic) bond motifs is 1. The lowest BCUT2D eigenvalue weighted by molar-refractivity contribution is -0.153. The predicted molar refractivity (Wildman–Crippen MR) is 79.0 cm³/mol. The SMILES string of the molecule is O=C(NCc1ccncc1OCC(F)(F)F)c1occ2c1CCOC2. The van der Waals surface area contributed by atoms with E-state index in [4.69, 9.17) is 13.9 Å². The van der Waals surface area contributed by atoms with Crippen molar-refractivity contribution in [2.75, 3.05) is 13.2 Å². The summed E-state index contributed by atoms with van der Waals surface area (Å²) >= 11 is 0. The van der Waals surface area contributed by atoms with Crippen LogP contribution in [0.15, 0.2) is 29.1 Å². The highest BCUT2D eigenvalue weighted by atomic mass is 19.4. The number of carbonyl (C=O) groups is 1. The summed E-state index contributed by atoms with van der Waals surface area (Å²) in [4.78, 5) is 16.0. The highest BCUT2D eigenvalue weighted by Gasteiger charge is 2.29.